The van der Waals surface area contributed by atoms with Gasteiger partial charge in [0.1, 0.15) is 0 Å². The van der Waals surface area contributed by atoms with Crippen molar-refractivity contribution >= 4 is 21.6 Å². The van der Waals surface area contributed by atoms with Crippen LogP contribution in [0.15, 0.2) is 23.1 Å². The number of hydrogen-bond donors (Lipinski definition) is 2. The molecule has 2 rings (SSSR count). The molecular formula is C14H20ClNO3S. The van der Waals surface area contributed by atoms with E-state index in [4.69, 9.17) is 16.7 Å². The first-order valence-electron chi connectivity index (χ1n) is 6.81. The number of rotatable bonds is 7. The molecular weight excluding hydrogens is 298 g/mol. The second-order valence-electron chi connectivity index (χ2n) is 5.49. The summed E-state index contributed by atoms with van der Waals surface area (Å²) in [5.41, 5.74) is 0.581. The molecule has 4 nitrogen and oxygen atoms in total. The molecule has 0 unspecified atom stereocenters. The van der Waals surface area contributed by atoms with E-state index in [-0.39, 0.29) is 16.9 Å². The molecule has 1 fully saturated rings. The SMILES string of the molecule is CCCC1(CNS(=O)(=O)c2ccc(Cl)c(CO)c2)CC1. The average Bonchev–Trinajstić information content (AvgIpc) is 3.18. The minimum Gasteiger partial charge on any atom is -0.392 e. The topological polar surface area (TPSA) is 66.4 Å². The predicted molar refractivity (Wildman–Crippen MR) is 79.1 cm³/mol. The predicted octanol–water partition coefficient (Wildman–Crippen LogP) is 2.69. The summed E-state index contributed by atoms with van der Waals surface area (Å²) in [5, 5.41) is 9.52. The molecule has 0 amide bonds. The normalized spacial score (nSPS) is 17.1. The summed E-state index contributed by atoms with van der Waals surface area (Å²) in [5.74, 6) is 0. The Hall–Kier alpha value is -0.620. The van der Waals surface area contributed by atoms with Gasteiger partial charge in [-0.1, -0.05) is 24.9 Å². The van der Waals surface area contributed by atoms with Gasteiger partial charge in [-0.25, -0.2) is 13.1 Å². The van der Waals surface area contributed by atoms with Crippen LogP contribution in [0.4, 0.5) is 0 Å². The molecule has 1 saturated carbocycles. The van der Waals surface area contributed by atoms with Crippen LogP contribution in [0, 0.1) is 5.41 Å². The fourth-order valence-electron chi connectivity index (χ4n) is 2.39. The van der Waals surface area contributed by atoms with E-state index >= 15 is 0 Å². The lowest BCUT2D eigenvalue weighted by molar-refractivity contribution is 0.281. The maximum absolute atomic E-state index is 12.3. The molecule has 0 atom stereocenters. The molecule has 6 heteroatoms. The van der Waals surface area contributed by atoms with Gasteiger partial charge < -0.3 is 5.11 Å². The van der Waals surface area contributed by atoms with Gasteiger partial charge in [0.25, 0.3) is 0 Å². The van der Waals surface area contributed by atoms with E-state index in [1.807, 2.05) is 0 Å². The van der Waals surface area contributed by atoms with Gasteiger partial charge in [-0.05, 0) is 48.4 Å². The van der Waals surface area contributed by atoms with Gasteiger partial charge in [-0.2, -0.15) is 0 Å². The molecule has 0 spiro atoms. The van der Waals surface area contributed by atoms with Gasteiger partial charge in [0, 0.05) is 11.6 Å². The molecule has 0 saturated heterocycles. The van der Waals surface area contributed by atoms with E-state index in [2.05, 4.69) is 11.6 Å². The number of sulfonamides is 1. The summed E-state index contributed by atoms with van der Waals surface area (Å²) in [4.78, 5) is 0.151. The third-order valence-electron chi connectivity index (χ3n) is 3.87. The van der Waals surface area contributed by atoms with Crippen LogP contribution in [0.1, 0.15) is 38.2 Å². The number of hydrogen-bond acceptors (Lipinski definition) is 3. The number of benzene rings is 1. The van der Waals surface area contributed by atoms with Crippen molar-refractivity contribution in [2.75, 3.05) is 6.54 Å². The molecule has 0 radical (unpaired) electrons. The third kappa shape index (κ3) is 3.52. The van der Waals surface area contributed by atoms with Crippen molar-refractivity contribution in [1.82, 2.24) is 4.72 Å². The van der Waals surface area contributed by atoms with Crippen molar-refractivity contribution in [2.24, 2.45) is 5.41 Å². The standard InChI is InChI=1S/C14H20ClNO3S/c1-2-5-14(6-7-14)10-16-20(18,19)12-3-4-13(15)11(8-12)9-17/h3-4,8,16-17H,2,5-7,9-10H2,1H3. The van der Waals surface area contributed by atoms with Crippen molar-refractivity contribution < 1.29 is 13.5 Å². The zero-order valence-corrected chi connectivity index (χ0v) is 13.1. The van der Waals surface area contributed by atoms with Crippen LogP contribution in [-0.2, 0) is 16.6 Å². The summed E-state index contributed by atoms with van der Waals surface area (Å²) in [7, 11) is -3.54. The first kappa shape index (κ1) is 15.8. The molecule has 1 aromatic rings. The van der Waals surface area contributed by atoms with Gasteiger partial charge in [-0.15, -0.1) is 0 Å². The summed E-state index contributed by atoms with van der Waals surface area (Å²) >= 11 is 5.87. The highest BCUT2D eigenvalue weighted by Crippen LogP contribution is 2.49. The molecule has 112 valence electrons. The van der Waals surface area contributed by atoms with Crippen LogP contribution in [0.25, 0.3) is 0 Å². The monoisotopic (exact) mass is 317 g/mol. The van der Waals surface area contributed by atoms with Crippen molar-refractivity contribution in [1.29, 1.82) is 0 Å². The quantitative estimate of drug-likeness (QED) is 0.812. The van der Waals surface area contributed by atoms with Gasteiger partial charge in [0.15, 0.2) is 0 Å². The summed E-state index contributed by atoms with van der Waals surface area (Å²) in [6.07, 6.45) is 4.30. The molecule has 20 heavy (non-hydrogen) atoms. The second-order valence-corrected chi connectivity index (χ2v) is 7.66. The fourth-order valence-corrected chi connectivity index (χ4v) is 3.78. The van der Waals surface area contributed by atoms with E-state index in [1.54, 1.807) is 0 Å². The van der Waals surface area contributed by atoms with Crippen LogP contribution in [0.3, 0.4) is 0 Å². The van der Waals surface area contributed by atoms with E-state index in [1.165, 1.54) is 18.2 Å². The highest BCUT2D eigenvalue weighted by molar-refractivity contribution is 7.89. The highest BCUT2D eigenvalue weighted by Gasteiger charge is 2.42. The number of aliphatic hydroxyl groups is 1. The summed E-state index contributed by atoms with van der Waals surface area (Å²) in [6.45, 7) is 2.32. The van der Waals surface area contributed by atoms with Crippen LogP contribution in [-0.4, -0.2) is 20.1 Å². The largest absolute Gasteiger partial charge is 0.392 e. The smallest absolute Gasteiger partial charge is 0.240 e. The summed E-state index contributed by atoms with van der Waals surface area (Å²) in [6, 6.07) is 4.38. The van der Waals surface area contributed by atoms with Gasteiger partial charge in [-0.3, -0.25) is 0 Å². The Morgan fingerprint density at radius 2 is 2.10 bits per heavy atom. The Kier molecular flexibility index (Phi) is 4.74. The molecule has 1 aliphatic rings. The van der Waals surface area contributed by atoms with Crippen LogP contribution in [0.2, 0.25) is 5.02 Å². The van der Waals surface area contributed by atoms with E-state index in [9.17, 15) is 8.42 Å². The van der Waals surface area contributed by atoms with E-state index < -0.39 is 10.0 Å². The van der Waals surface area contributed by atoms with Gasteiger partial charge >= 0.3 is 0 Å². The van der Waals surface area contributed by atoms with Gasteiger partial charge in [0.2, 0.25) is 10.0 Å². The number of halogens is 1. The fraction of sp³-hybridized carbons (Fsp3) is 0.571. The second kappa shape index (κ2) is 6.02. The average molecular weight is 318 g/mol. The van der Waals surface area contributed by atoms with Gasteiger partial charge in [0.05, 0.1) is 11.5 Å². The lowest BCUT2D eigenvalue weighted by Gasteiger charge is -2.15. The minimum absolute atomic E-state index is 0.151. The summed E-state index contributed by atoms with van der Waals surface area (Å²) < 4.78 is 27.2. The first-order chi connectivity index (χ1) is 9.42. The van der Waals surface area contributed by atoms with Crippen molar-refractivity contribution in [3.63, 3.8) is 0 Å². The number of nitrogens with one attached hydrogen (secondary N) is 1. The Labute approximate surface area is 125 Å². The third-order valence-corrected chi connectivity index (χ3v) is 5.64. The Balaban J connectivity index is 2.10. The minimum atomic E-state index is -3.54. The maximum atomic E-state index is 12.3. The lowest BCUT2D eigenvalue weighted by Crippen LogP contribution is -2.30. The Morgan fingerprint density at radius 3 is 2.65 bits per heavy atom. The van der Waals surface area contributed by atoms with E-state index in [0.29, 0.717) is 17.1 Å². The molecule has 0 aromatic heterocycles. The molecule has 0 aliphatic heterocycles. The first-order valence-corrected chi connectivity index (χ1v) is 8.67. The van der Waals surface area contributed by atoms with Crippen LogP contribution >= 0.6 is 11.6 Å². The molecule has 0 bridgehead atoms. The van der Waals surface area contributed by atoms with Crippen molar-refractivity contribution in [3.05, 3.63) is 28.8 Å². The van der Waals surface area contributed by atoms with E-state index in [0.717, 1.165) is 25.7 Å². The van der Waals surface area contributed by atoms with Crippen LogP contribution < -0.4 is 4.72 Å². The maximum Gasteiger partial charge on any atom is 0.240 e. The van der Waals surface area contributed by atoms with Crippen LogP contribution in [0.5, 0.6) is 0 Å². The lowest BCUT2D eigenvalue weighted by atomic mass is 10.0. The Morgan fingerprint density at radius 1 is 1.40 bits per heavy atom. The van der Waals surface area contributed by atoms with Crippen molar-refractivity contribution in [3.8, 4) is 0 Å². The molecule has 1 aliphatic carbocycles. The molecule has 1 aromatic carbocycles. The van der Waals surface area contributed by atoms with Crippen molar-refractivity contribution in [2.45, 2.75) is 44.1 Å². The molecule has 0 heterocycles. The number of aliphatic hydroxyl groups excluding tert-OH is 1. The Bertz CT molecular complexity index is 582. The highest BCUT2D eigenvalue weighted by atomic mass is 35.5. The zero-order chi connectivity index (χ0) is 14.8. The molecule has 2 N–H and O–H groups in total. The zero-order valence-electron chi connectivity index (χ0n) is 11.5.